The molecular weight excluding hydrogens is 250 g/mol. The molecule has 20 heavy (non-hydrogen) atoms. The van der Waals surface area contributed by atoms with Crippen LogP contribution in [0.25, 0.3) is 11.4 Å². The molecule has 2 aromatic rings. The Morgan fingerprint density at radius 2 is 1.70 bits per heavy atom. The van der Waals surface area contributed by atoms with Crippen molar-refractivity contribution in [3.05, 3.63) is 24.3 Å². The van der Waals surface area contributed by atoms with Gasteiger partial charge in [0.05, 0.1) is 0 Å². The predicted octanol–water partition coefficient (Wildman–Crippen LogP) is 2.60. The molecule has 1 aromatic carbocycles. The van der Waals surface area contributed by atoms with Crippen molar-refractivity contribution in [2.45, 2.75) is 34.2 Å². The maximum absolute atomic E-state index is 5.72. The summed E-state index contributed by atoms with van der Waals surface area (Å²) >= 11 is 0. The van der Waals surface area contributed by atoms with Crippen molar-refractivity contribution in [1.29, 1.82) is 0 Å². The van der Waals surface area contributed by atoms with E-state index >= 15 is 0 Å². The minimum atomic E-state index is 0.331. The fourth-order valence-electron chi connectivity index (χ4n) is 3.13. The summed E-state index contributed by atoms with van der Waals surface area (Å²) in [4.78, 5) is 0. The molecule has 1 aliphatic carbocycles. The molecule has 1 saturated carbocycles. The van der Waals surface area contributed by atoms with Gasteiger partial charge in [-0.15, -0.1) is 5.10 Å². The van der Waals surface area contributed by atoms with Crippen LogP contribution >= 0.6 is 0 Å². The zero-order valence-electron chi connectivity index (χ0n) is 12.5. The lowest BCUT2D eigenvalue weighted by Gasteiger charge is -2.06. The molecule has 106 valence electrons. The van der Waals surface area contributed by atoms with Crippen LogP contribution in [0.4, 0.5) is 5.69 Å². The Hall–Kier alpha value is -1.91. The highest BCUT2D eigenvalue weighted by atomic mass is 15.5. The quantitative estimate of drug-likeness (QED) is 0.871. The molecule has 0 spiro atoms. The number of hydrogen-bond donors (Lipinski definition) is 1. The largest absolute Gasteiger partial charge is 0.399 e. The summed E-state index contributed by atoms with van der Waals surface area (Å²) in [5.41, 5.74) is 8.13. The first-order valence-electron chi connectivity index (χ1n) is 6.96. The topological polar surface area (TPSA) is 69.6 Å². The molecule has 2 N–H and O–H groups in total. The summed E-state index contributed by atoms with van der Waals surface area (Å²) in [6.45, 7) is 10.1. The molecule has 0 atom stereocenters. The van der Waals surface area contributed by atoms with Gasteiger partial charge in [0.25, 0.3) is 0 Å². The number of nitrogens with two attached hydrogens (primary N) is 1. The molecule has 1 aliphatic rings. The Morgan fingerprint density at radius 3 is 2.25 bits per heavy atom. The van der Waals surface area contributed by atoms with Crippen LogP contribution in [-0.4, -0.2) is 20.2 Å². The van der Waals surface area contributed by atoms with Gasteiger partial charge >= 0.3 is 0 Å². The van der Waals surface area contributed by atoms with Gasteiger partial charge < -0.3 is 5.73 Å². The molecule has 0 bridgehead atoms. The van der Waals surface area contributed by atoms with Crippen LogP contribution in [0.15, 0.2) is 24.3 Å². The second-order valence-electron chi connectivity index (χ2n) is 6.80. The minimum Gasteiger partial charge on any atom is -0.399 e. The van der Waals surface area contributed by atoms with Crippen molar-refractivity contribution in [2.75, 3.05) is 5.73 Å². The molecule has 0 aliphatic heterocycles. The molecule has 5 heteroatoms. The van der Waals surface area contributed by atoms with Crippen LogP contribution in [0, 0.1) is 16.7 Å². The number of aromatic nitrogens is 4. The van der Waals surface area contributed by atoms with E-state index < -0.39 is 0 Å². The average Bonchev–Trinajstić information content (AvgIpc) is 2.75. The highest BCUT2D eigenvalue weighted by molar-refractivity contribution is 5.58. The highest BCUT2D eigenvalue weighted by Gasteiger charge is 2.64. The second kappa shape index (κ2) is 4.04. The summed E-state index contributed by atoms with van der Waals surface area (Å²) in [5, 5.41) is 12.1. The molecule has 0 amide bonds. The summed E-state index contributed by atoms with van der Waals surface area (Å²) in [6, 6.07) is 7.67. The zero-order valence-corrected chi connectivity index (χ0v) is 12.5. The fraction of sp³-hybridized carbons (Fsp3) is 0.533. The van der Waals surface area contributed by atoms with Gasteiger partial charge in [-0.05, 0) is 51.4 Å². The van der Waals surface area contributed by atoms with Gasteiger partial charge in [-0.2, -0.15) is 0 Å². The van der Waals surface area contributed by atoms with Crippen LogP contribution in [0.5, 0.6) is 0 Å². The van der Waals surface area contributed by atoms with Gasteiger partial charge in [0.15, 0.2) is 5.82 Å². The van der Waals surface area contributed by atoms with Crippen molar-refractivity contribution < 1.29 is 0 Å². The number of tetrazole rings is 1. The van der Waals surface area contributed by atoms with E-state index in [0.717, 1.165) is 23.6 Å². The monoisotopic (exact) mass is 271 g/mol. The summed E-state index contributed by atoms with van der Waals surface area (Å²) < 4.78 is 1.91. The van der Waals surface area contributed by atoms with E-state index in [1.54, 1.807) is 0 Å². The van der Waals surface area contributed by atoms with Gasteiger partial charge in [0.1, 0.15) is 0 Å². The fourth-order valence-corrected chi connectivity index (χ4v) is 3.13. The van der Waals surface area contributed by atoms with Gasteiger partial charge in [-0.1, -0.05) is 27.7 Å². The van der Waals surface area contributed by atoms with Crippen LogP contribution in [-0.2, 0) is 6.54 Å². The third kappa shape index (κ3) is 1.80. The highest BCUT2D eigenvalue weighted by Crippen LogP contribution is 2.68. The van der Waals surface area contributed by atoms with Gasteiger partial charge in [0.2, 0.25) is 0 Å². The van der Waals surface area contributed by atoms with Crippen LogP contribution in [0.1, 0.15) is 27.7 Å². The molecule has 3 rings (SSSR count). The molecule has 0 radical (unpaired) electrons. The van der Waals surface area contributed by atoms with E-state index in [0.29, 0.717) is 16.7 Å². The number of anilines is 1. The van der Waals surface area contributed by atoms with Crippen molar-refractivity contribution in [3.63, 3.8) is 0 Å². The third-order valence-electron chi connectivity index (χ3n) is 5.38. The number of hydrogen-bond acceptors (Lipinski definition) is 4. The standard InChI is InChI=1S/C15H21N5/c1-14(2)12(15(14,3)4)9-20-13(17-18-19-20)10-5-7-11(16)8-6-10/h5-8,12H,9,16H2,1-4H3. The summed E-state index contributed by atoms with van der Waals surface area (Å²) in [7, 11) is 0. The normalized spacial score (nSPS) is 20.0. The Labute approximate surface area is 119 Å². The summed E-state index contributed by atoms with van der Waals surface area (Å²) in [5.74, 6) is 1.40. The molecular formula is C15H21N5. The maximum Gasteiger partial charge on any atom is 0.182 e. The first-order valence-corrected chi connectivity index (χ1v) is 6.96. The van der Waals surface area contributed by atoms with Crippen LogP contribution in [0.3, 0.4) is 0 Å². The first kappa shape index (κ1) is 13.1. The van der Waals surface area contributed by atoms with E-state index in [-0.39, 0.29) is 0 Å². The van der Waals surface area contributed by atoms with Crippen LogP contribution in [0.2, 0.25) is 0 Å². The smallest absolute Gasteiger partial charge is 0.182 e. The van der Waals surface area contributed by atoms with Gasteiger partial charge in [-0.25, -0.2) is 4.68 Å². The average molecular weight is 271 g/mol. The molecule has 1 fully saturated rings. The second-order valence-corrected chi connectivity index (χ2v) is 6.80. The molecule has 1 heterocycles. The van der Waals surface area contributed by atoms with Crippen molar-refractivity contribution in [2.24, 2.45) is 16.7 Å². The molecule has 1 aromatic heterocycles. The SMILES string of the molecule is CC1(C)C(Cn2nnnc2-c2ccc(N)cc2)C1(C)C. The number of rotatable bonds is 3. The van der Waals surface area contributed by atoms with E-state index in [4.69, 9.17) is 5.73 Å². The van der Waals surface area contributed by atoms with Crippen molar-refractivity contribution in [3.8, 4) is 11.4 Å². The minimum absolute atomic E-state index is 0.331. The number of nitrogens with zero attached hydrogens (tertiary/aromatic N) is 4. The Balaban J connectivity index is 1.87. The zero-order chi connectivity index (χ0) is 14.5. The Kier molecular flexibility index (Phi) is 2.64. The Morgan fingerprint density at radius 1 is 1.10 bits per heavy atom. The first-order chi connectivity index (χ1) is 9.34. The number of benzene rings is 1. The summed E-state index contributed by atoms with van der Waals surface area (Å²) in [6.07, 6.45) is 0. The Bertz CT molecular complexity index is 610. The van der Waals surface area contributed by atoms with E-state index in [9.17, 15) is 0 Å². The lowest BCUT2D eigenvalue weighted by molar-refractivity contribution is 0.457. The number of nitrogen functional groups attached to an aromatic ring is 1. The van der Waals surface area contributed by atoms with E-state index in [1.165, 1.54) is 0 Å². The third-order valence-corrected chi connectivity index (χ3v) is 5.38. The lowest BCUT2D eigenvalue weighted by atomic mass is 10.0. The van der Waals surface area contributed by atoms with E-state index in [1.807, 2.05) is 28.9 Å². The van der Waals surface area contributed by atoms with E-state index in [2.05, 4.69) is 43.2 Å². The predicted molar refractivity (Wildman–Crippen MR) is 78.7 cm³/mol. The van der Waals surface area contributed by atoms with Crippen molar-refractivity contribution >= 4 is 5.69 Å². The van der Waals surface area contributed by atoms with Crippen molar-refractivity contribution in [1.82, 2.24) is 20.2 Å². The van der Waals surface area contributed by atoms with Gasteiger partial charge in [-0.3, -0.25) is 0 Å². The molecule has 0 unspecified atom stereocenters. The maximum atomic E-state index is 5.72. The molecule has 5 nitrogen and oxygen atoms in total. The molecule has 0 saturated heterocycles. The van der Waals surface area contributed by atoms with Crippen LogP contribution < -0.4 is 5.73 Å². The lowest BCUT2D eigenvalue weighted by Crippen LogP contribution is -2.08. The van der Waals surface area contributed by atoms with Gasteiger partial charge in [0, 0.05) is 17.8 Å².